The molecule has 0 aliphatic carbocycles. The Bertz CT molecular complexity index is 795. The van der Waals surface area contributed by atoms with Crippen molar-refractivity contribution in [1.82, 2.24) is 15.1 Å². The third-order valence-electron chi connectivity index (χ3n) is 6.40. The van der Waals surface area contributed by atoms with Crippen molar-refractivity contribution in [3.05, 3.63) is 29.3 Å². The first-order chi connectivity index (χ1) is 14.0. The Kier molecular flexibility index (Phi) is 5.74. The standard InChI is InChI=1S/C22H30N4O3/c1-15(17-4-6-19-18(14-17)5-7-20(27)24-19)23-21(28)16-8-12-26(13-9-16)22(29)25-10-2-3-11-25/h4,6,14-16H,2-3,5,7-13H2,1H3,(H,23,28)(H,24,27). The van der Waals surface area contributed by atoms with Crippen molar-refractivity contribution >= 4 is 23.5 Å². The molecule has 4 rings (SSSR count). The first-order valence-corrected chi connectivity index (χ1v) is 10.8. The third kappa shape index (κ3) is 4.38. The number of rotatable bonds is 3. The van der Waals surface area contributed by atoms with Crippen molar-refractivity contribution < 1.29 is 14.4 Å². The number of nitrogens with zero attached hydrogens (tertiary/aromatic N) is 2. The molecule has 0 saturated carbocycles. The Balaban J connectivity index is 1.29. The second-order valence-electron chi connectivity index (χ2n) is 8.43. The first kappa shape index (κ1) is 19.7. The molecule has 2 saturated heterocycles. The number of aryl methyl sites for hydroxylation is 1. The second kappa shape index (κ2) is 8.43. The monoisotopic (exact) mass is 398 g/mol. The zero-order valence-corrected chi connectivity index (χ0v) is 17.1. The molecule has 3 heterocycles. The van der Waals surface area contributed by atoms with Gasteiger partial charge in [0.2, 0.25) is 11.8 Å². The molecule has 156 valence electrons. The molecule has 3 aliphatic heterocycles. The van der Waals surface area contributed by atoms with E-state index in [1.165, 1.54) is 0 Å². The van der Waals surface area contributed by atoms with E-state index < -0.39 is 0 Å². The zero-order chi connectivity index (χ0) is 20.4. The molecular formula is C22H30N4O3. The van der Waals surface area contributed by atoms with Crippen LogP contribution >= 0.6 is 0 Å². The van der Waals surface area contributed by atoms with Crippen molar-refractivity contribution in [3.63, 3.8) is 0 Å². The predicted molar refractivity (Wildman–Crippen MR) is 110 cm³/mol. The highest BCUT2D eigenvalue weighted by molar-refractivity contribution is 5.93. The van der Waals surface area contributed by atoms with Crippen LogP contribution in [0.5, 0.6) is 0 Å². The summed E-state index contributed by atoms with van der Waals surface area (Å²) in [7, 11) is 0. The molecule has 0 spiro atoms. The topological polar surface area (TPSA) is 81.8 Å². The number of piperidine rings is 1. The van der Waals surface area contributed by atoms with Crippen LogP contribution in [0.4, 0.5) is 10.5 Å². The summed E-state index contributed by atoms with van der Waals surface area (Å²) in [6.45, 7) is 5.02. The molecule has 1 unspecified atom stereocenters. The molecule has 0 radical (unpaired) electrons. The molecule has 1 aromatic carbocycles. The van der Waals surface area contributed by atoms with Crippen LogP contribution in [0.3, 0.4) is 0 Å². The van der Waals surface area contributed by atoms with Crippen molar-refractivity contribution in [1.29, 1.82) is 0 Å². The van der Waals surface area contributed by atoms with Crippen molar-refractivity contribution in [3.8, 4) is 0 Å². The molecular weight excluding hydrogens is 368 g/mol. The van der Waals surface area contributed by atoms with Gasteiger partial charge in [0, 0.05) is 44.2 Å². The maximum Gasteiger partial charge on any atom is 0.319 e. The van der Waals surface area contributed by atoms with E-state index in [9.17, 15) is 14.4 Å². The van der Waals surface area contributed by atoms with E-state index >= 15 is 0 Å². The Hall–Kier alpha value is -2.57. The quantitative estimate of drug-likeness (QED) is 0.821. The van der Waals surface area contributed by atoms with E-state index in [2.05, 4.69) is 16.7 Å². The molecule has 29 heavy (non-hydrogen) atoms. The van der Waals surface area contributed by atoms with E-state index in [1.807, 2.05) is 28.9 Å². The lowest BCUT2D eigenvalue weighted by Gasteiger charge is -2.34. The van der Waals surface area contributed by atoms with Gasteiger partial charge in [0.15, 0.2) is 0 Å². The summed E-state index contributed by atoms with van der Waals surface area (Å²) in [6.07, 6.45) is 4.86. The fourth-order valence-electron chi connectivity index (χ4n) is 4.53. The number of benzene rings is 1. The van der Waals surface area contributed by atoms with Crippen molar-refractivity contribution in [2.24, 2.45) is 5.92 Å². The number of anilines is 1. The maximum absolute atomic E-state index is 12.8. The number of nitrogens with one attached hydrogen (secondary N) is 2. The number of hydrogen-bond donors (Lipinski definition) is 2. The molecule has 7 nitrogen and oxygen atoms in total. The van der Waals surface area contributed by atoms with Crippen LogP contribution in [-0.4, -0.2) is 53.8 Å². The van der Waals surface area contributed by atoms with Gasteiger partial charge in [-0.05, 0) is 56.2 Å². The lowest BCUT2D eigenvalue weighted by molar-refractivity contribution is -0.127. The van der Waals surface area contributed by atoms with Crippen LogP contribution in [0.2, 0.25) is 0 Å². The van der Waals surface area contributed by atoms with Gasteiger partial charge in [-0.2, -0.15) is 0 Å². The highest BCUT2D eigenvalue weighted by atomic mass is 16.2. The van der Waals surface area contributed by atoms with Gasteiger partial charge in [-0.3, -0.25) is 9.59 Å². The van der Waals surface area contributed by atoms with Gasteiger partial charge in [-0.1, -0.05) is 12.1 Å². The molecule has 2 fully saturated rings. The summed E-state index contributed by atoms with van der Waals surface area (Å²) in [5.74, 6) is 0.0787. The SMILES string of the molecule is CC(NC(=O)C1CCN(C(=O)N2CCCC2)CC1)c1ccc2c(c1)CCC(=O)N2. The minimum Gasteiger partial charge on any atom is -0.349 e. The molecule has 0 bridgehead atoms. The van der Waals surface area contributed by atoms with Gasteiger partial charge < -0.3 is 20.4 Å². The largest absolute Gasteiger partial charge is 0.349 e. The summed E-state index contributed by atoms with van der Waals surface area (Å²) in [6, 6.07) is 6.02. The van der Waals surface area contributed by atoms with E-state index in [4.69, 9.17) is 0 Å². The molecule has 4 amide bonds. The first-order valence-electron chi connectivity index (χ1n) is 10.8. The highest BCUT2D eigenvalue weighted by Crippen LogP contribution is 2.27. The number of likely N-dealkylation sites (tertiary alicyclic amines) is 2. The fourth-order valence-corrected chi connectivity index (χ4v) is 4.53. The highest BCUT2D eigenvalue weighted by Gasteiger charge is 2.31. The Labute approximate surface area is 171 Å². The molecule has 1 atom stereocenters. The second-order valence-corrected chi connectivity index (χ2v) is 8.43. The minimum atomic E-state index is -0.0883. The molecule has 2 N–H and O–H groups in total. The van der Waals surface area contributed by atoms with Crippen molar-refractivity contribution in [2.45, 2.75) is 51.5 Å². The average Bonchev–Trinajstić information content (AvgIpc) is 3.27. The van der Waals surface area contributed by atoms with E-state index in [1.54, 1.807) is 0 Å². The lowest BCUT2D eigenvalue weighted by atomic mass is 9.94. The van der Waals surface area contributed by atoms with Crippen molar-refractivity contribution in [2.75, 3.05) is 31.5 Å². The number of hydrogen-bond acceptors (Lipinski definition) is 3. The van der Waals surface area contributed by atoms with Crippen LogP contribution in [-0.2, 0) is 16.0 Å². The summed E-state index contributed by atoms with van der Waals surface area (Å²) in [5, 5.41) is 6.03. The lowest BCUT2D eigenvalue weighted by Crippen LogP contribution is -2.47. The number of carbonyl (C=O) groups is 3. The van der Waals surface area contributed by atoms with Crippen LogP contribution in [0.15, 0.2) is 18.2 Å². The van der Waals surface area contributed by atoms with Crippen LogP contribution < -0.4 is 10.6 Å². The maximum atomic E-state index is 12.8. The summed E-state index contributed by atoms with van der Waals surface area (Å²) in [5.41, 5.74) is 3.05. The van der Waals surface area contributed by atoms with E-state index in [-0.39, 0.29) is 29.8 Å². The zero-order valence-electron chi connectivity index (χ0n) is 17.1. The van der Waals surface area contributed by atoms with Gasteiger partial charge in [0.25, 0.3) is 0 Å². The van der Waals surface area contributed by atoms with E-state index in [0.717, 1.165) is 49.2 Å². The van der Waals surface area contributed by atoms with Gasteiger partial charge in [-0.25, -0.2) is 4.79 Å². The molecule has 7 heteroatoms. The van der Waals surface area contributed by atoms with E-state index in [0.29, 0.717) is 32.4 Å². The molecule has 3 aliphatic rings. The number of amides is 4. The Morgan fingerprint density at radius 3 is 2.48 bits per heavy atom. The minimum absolute atomic E-state index is 0.0445. The van der Waals surface area contributed by atoms with Crippen LogP contribution in [0.25, 0.3) is 0 Å². The predicted octanol–water partition coefficient (Wildman–Crippen LogP) is 2.68. The number of fused-ring (bicyclic) bond motifs is 1. The van der Waals surface area contributed by atoms with Gasteiger partial charge in [0.1, 0.15) is 0 Å². The fraction of sp³-hybridized carbons (Fsp3) is 0.591. The van der Waals surface area contributed by atoms with Gasteiger partial charge in [-0.15, -0.1) is 0 Å². The molecule has 0 aromatic heterocycles. The number of carbonyl (C=O) groups excluding carboxylic acids is 3. The van der Waals surface area contributed by atoms with Crippen LogP contribution in [0, 0.1) is 5.92 Å². The normalized spacial score (nSPS) is 20.8. The smallest absolute Gasteiger partial charge is 0.319 e. The Morgan fingerprint density at radius 1 is 1.07 bits per heavy atom. The third-order valence-corrected chi connectivity index (χ3v) is 6.40. The average molecular weight is 399 g/mol. The van der Waals surface area contributed by atoms with Gasteiger partial charge >= 0.3 is 6.03 Å². The molecule has 1 aromatic rings. The van der Waals surface area contributed by atoms with Gasteiger partial charge in [0.05, 0.1) is 6.04 Å². The summed E-state index contributed by atoms with van der Waals surface area (Å²) < 4.78 is 0. The number of urea groups is 1. The summed E-state index contributed by atoms with van der Waals surface area (Å²) in [4.78, 5) is 40.6. The summed E-state index contributed by atoms with van der Waals surface area (Å²) >= 11 is 0. The Morgan fingerprint density at radius 2 is 1.76 bits per heavy atom. The van der Waals surface area contributed by atoms with Crippen LogP contribution in [0.1, 0.15) is 56.2 Å².